The van der Waals surface area contributed by atoms with Crippen LogP contribution in [0.25, 0.3) is 0 Å². The van der Waals surface area contributed by atoms with Crippen LogP contribution in [0.5, 0.6) is 0 Å². The van der Waals surface area contributed by atoms with Crippen LogP contribution in [-0.4, -0.2) is 31.3 Å². The number of aryl methyl sites for hydroxylation is 2. The molecule has 0 fully saturated rings. The van der Waals surface area contributed by atoms with Crippen molar-refractivity contribution in [3.8, 4) is 0 Å². The van der Waals surface area contributed by atoms with E-state index in [4.69, 9.17) is 21.5 Å². The van der Waals surface area contributed by atoms with E-state index in [0.717, 1.165) is 35.9 Å². The first-order chi connectivity index (χ1) is 15.5. The van der Waals surface area contributed by atoms with Crippen molar-refractivity contribution in [3.05, 3.63) is 87.4 Å². The van der Waals surface area contributed by atoms with E-state index in [-0.39, 0.29) is 0 Å². The molecule has 0 aliphatic rings. The fourth-order valence-corrected chi connectivity index (χ4v) is 4.11. The number of carbonyl (C=O) groups is 2. The summed E-state index contributed by atoms with van der Waals surface area (Å²) in [4.78, 5) is 24.5. The zero-order valence-electron chi connectivity index (χ0n) is 18.0. The number of benzene rings is 2. The summed E-state index contributed by atoms with van der Waals surface area (Å²) in [7, 11) is -4.14. The number of rotatable bonds is 8. The van der Waals surface area contributed by atoms with Crippen molar-refractivity contribution in [3.63, 3.8) is 0 Å². The highest BCUT2D eigenvalue weighted by molar-refractivity contribution is 7.89. The van der Waals surface area contributed by atoms with E-state index in [9.17, 15) is 22.4 Å². The number of halogens is 2. The molecule has 0 spiro atoms. The minimum absolute atomic E-state index is 0.384. The topological polar surface area (TPSA) is 108 Å². The molecule has 7 nitrogen and oxygen atoms in total. The molecular weight excluding hydrogens is 471 g/mol. The number of nitrogens with two attached hydrogens (primary N) is 1. The largest absolute Gasteiger partial charge is 0.454 e. The number of primary sulfonamides is 1. The Kier molecular flexibility index (Phi) is 7.36. The van der Waals surface area contributed by atoms with Crippen LogP contribution in [0.1, 0.15) is 37.7 Å². The molecule has 0 aliphatic carbocycles. The lowest BCUT2D eigenvalue weighted by molar-refractivity contribution is 0.0469. The normalized spacial score (nSPS) is 11.4. The first kappa shape index (κ1) is 24.6. The van der Waals surface area contributed by atoms with Crippen molar-refractivity contribution in [1.29, 1.82) is 0 Å². The number of Topliss-reactive ketones (excluding diaryl/α,β-unsaturated/α-hetero) is 1. The van der Waals surface area contributed by atoms with Crippen molar-refractivity contribution in [2.75, 3.05) is 6.61 Å². The third kappa shape index (κ3) is 5.87. The first-order valence-electron chi connectivity index (χ1n) is 9.91. The molecule has 2 aromatic carbocycles. The highest BCUT2D eigenvalue weighted by Gasteiger charge is 2.21. The van der Waals surface area contributed by atoms with E-state index in [0.29, 0.717) is 22.8 Å². The van der Waals surface area contributed by atoms with Gasteiger partial charge in [-0.25, -0.2) is 22.7 Å². The van der Waals surface area contributed by atoms with E-state index in [1.807, 2.05) is 35.8 Å². The summed E-state index contributed by atoms with van der Waals surface area (Å²) in [6, 6.07) is 11.7. The first-order valence-corrected chi connectivity index (χ1v) is 11.8. The predicted octanol–water partition coefficient (Wildman–Crippen LogP) is 3.83. The minimum atomic E-state index is -4.14. The van der Waals surface area contributed by atoms with Crippen LogP contribution < -0.4 is 5.14 Å². The monoisotopic (exact) mass is 492 g/mol. The van der Waals surface area contributed by atoms with Gasteiger partial charge in [0.2, 0.25) is 15.8 Å². The summed E-state index contributed by atoms with van der Waals surface area (Å²) in [6.45, 7) is 3.67. The Morgan fingerprint density at radius 2 is 1.73 bits per heavy atom. The molecule has 0 atom stereocenters. The Morgan fingerprint density at radius 1 is 1.06 bits per heavy atom. The number of hydrogen-bond donors (Lipinski definition) is 1. The van der Waals surface area contributed by atoms with Gasteiger partial charge in [-0.15, -0.1) is 0 Å². The fourth-order valence-electron chi connectivity index (χ4n) is 3.44. The van der Waals surface area contributed by atoms with Gasteiger partial charge >= 0.3 is 5.97 Å². The van der Waals surface area contributed by atoms with Gasteiger partial charge in [0.25, 0.3) is 0 Å². The van der Waals surface area contributed by atoms with Gasteiger partial charge in [-0.2, -0.15) is 0 Å². The van der Waals surface area contributed by atoms with Crippen LogP contribution in [0.15, 0.2) is 53.4 Å². The Morgan fingerprint density at radius 3 is 2.36 bits per heavy atom. The maximum atomic E-state index is 14.0. The zero-order chi connectivity index (χ0) is 24.3. The number of sulfonamides is 1. The molecule has 174 valence electrons. The maximum Gasteiger partial charge on any atom is 0.341 e. The fraction of sp³-hybridized carbons (Fsp3) is 0.217. The molecule has 1 heterocycles. The average molecular weight is 493 g/mol. The second kappa shape index (κ2) is 9.86. The molecule has 0 unspecified atom stereocenters. The van der Waals surface area contributed by atoms with Crippen LogP contribution in [0.2, 0.25) is 5.02 Å². The number of carbonyl (C=O) groups excluding carboxylic acids is 2. The van der Waals surface area contributed by atoms with Gasteiger partial charge in [0.1, 0.15) is 5.82 Å². The molecule has 3 aromatic rings. The lowest BCUT2D eigenvalue weighted by Crippen LogP contribution is -2.18. The van der Waals surface area contributed by atoms with Gasteiger partial charge in [-0.1, -0.05) is 23.7 Å². The van der Waals surface area contributed by atoms with Gasteiger partial charge in [0.05, 0.1) is 10.5 Å². The van der Waals surface area contributed by atoms with E-state index >= 15 is 0 Å². The second-order valence-electron chi connectivity index (χ2n) is 7.50. The molecule has 0 saturated carbocycles. The lowest BCUT2D eigenvalue weighted by Gasteiger charge is -2.10. The number of aromatic nitrogens is 1. The minimum Gasteiger partial charge on any atom is -0.454 e. The maximum absolute atomic E-state index is 14.0. The smallest absolute Gasteiger partial charge is 0.341 e. The highest BCUT2D eigenvalue weighted by Crippen LogP contribution is 2.19. The summed E-state index contributed by atoms with van der Waals surface area (Å²) < 4.78 is 43.8. The van der Waals surface area contributed by atoms with E-state index in [2.05, 4.69) is 0 Å². The van der Waals surface area contributed by atoms with Crippen LogP contribution in [0.3, 0.4) is 0 Å². The Balaban J connectivity index is 1.69. The van der Waals surface area contributed by atoms with Crippen molar-refractivity contribution >= 4 is 33.4 Å². The molecule has 3 rings (SSSR count). The summed E-state index contributed by atoms with van der Waals surface area (Å²) in [6.07, 6.45) is 0.732. The van der Waals surface area contributed by atoms with E-state index in [1.165, 1.54) is 0 Å². The molecule has 2 N–H and O–H groups in total. The summed E-state index contributed by atoms with van der Waals surface area (Å²) in [5, 5.41) is 5.67. The third-order valence-corrected chi connectivity index (χ3v) is 6.39. The van der Waals surface area contributed by atoms with Gasteiger partial charge in [-0.05, 0) is 62.2 Å². The quantitative estimate of drug-likeness (QED) is 0.380. The van der Waals surface area contributed by atoms with Gasteiger partial charge in [0.15, 0.2) is 6.61 Å². The standard InChI is InChI=1S/C23H22ClFN2O5S/c1-14-11-19(15(2)27(14)10-9-16-3-5-17(24)6-4-16)22(28)13-32-23(29)20-12-18(33(26,30)31)7-8-21(20)25/h3-8,11-12H,9-10,13H2,1-2H3,(H2,26,30,31). The zero-order valence-corrected chi connectivity index (χ0v) is 19.5. The molecule has 1 aromatic heterocycles. The van der Waals surface area contributed by atoms with Crippen molar-refractivity contribution in [1.82, 2.24) is 4.57 Å². The van der Waals surface area contributed by atoms with E-state index in [1.54, 1.807) is 13.0 Å². The molecule has 10 heteroatoms. The molecular formula is C23H22ClFN2O5S. The number of ketones is 1. The Labute approximate surface area is 196 Å². The van der Waals surface area contributed by atoms with Crippen LogP contribution >= 0.6 is 11.6 Å². The summed E-state index contributed by atoms with van der Waals surface area (Å²) in [5.74, 6) is -2.61. The van der Waals surface area contributed by atoms with Gasteiger partial charge < -0.3 is 9.30 Å². The van der Waals surface area contributed by atoms with E-state index < -0.39 is 44.7 Å². The molecule has 33 heavy (non-hydrogen) atoms. The molecule has 0 bridgehead atoms. The van der Waals surface area contributed by atoms with Gasteiger partial charge in [0, 0.05) is 28.5 Å². The van der Waals surface area contributed by atoms with Crippen molar-refractivity contribution < 1.29 is 27.1 Å². The lowest BCUT2D eigenvalue weighted by atomic mass is 10.1. The predicted molar refractivity (Wildman–Crippen MR) is 121 cm³/mol. The van der Waals surface area contributed by atoms with Crippen molar-refractivity contribution in [2.24, 2.45) is 5.14 Å². The molecule has 0 amide bonds. The average Bonchev–Trinajstić information content (AvgIpc) is 3.04. The molecule has 0 aliphatic heterocycles. The Hall–Kier alpha value is -3.01. The van der Waals surface area contributed by atoms with Gasteiger partial charge in [-0.3, -0.25) is 4.79 Å². The third-order valence-electron chi connectivity index (χ3n) is 5.23. The number of hydrogen-bond acceptors (Lipinski definition) is 5. The summed E-state index contributed by atoms with van der Waals surface area (Å²) in [5.41, 5.74) is 2.43. The number of ether oxygens (including phenoxy) is 1. The molecule has 0 radical (unpaired) electrons. The van der Waals surface area contributed by atoms with Crippen LogP contribution in [-0.2, 0) is 27.7 Å². The summed E-state index contributed by atoms with van der Waals surface area (Å²) >= 11 is 5.91. The Bertz CT molecular complexity index is 1320. The number of esters is 1. The number of nitrogens with zero attached hydrogens (tertiary/aromatic N) is 1. The highest BCUT2D eigenvalue weighted by atomic mass is 35.5. The SMILES string of the molecule is Cc1cc(C(=O)COC(=O)c2cc(S(N)(=O)=O)ccc2F)c(C)n1CCc1ccc(Cl)cc1. The van der Waals surface area contributed by atoms with Crippen molar-refractivity contribution in [2.45, 2.75) is 31.7 Å². The van der Waals surface area contributed by atoms with Crippen LogP contribution in [0.4, 0.5) is 4.39 Å². The second-order valence-corrected chi connectivity index (χ2v) is 9.50. The molecule has 0 saturated heterocycles. The van der Waals surface area contributed by atoms with Crippen LogP contribution in [0, 0.1) is 19.7 Å².